The summed E-state index contributed by atoms with van der Waals surface area (Å²) in [4.78, 5) is 17.6. The predicted molar refractivity (Wildman–Crippen MR) is 85.1 cm³/mol. The molecule has 0 aromatic carbocycles. The minimum Gasteiger partial charge on any atom is -0.481 e. The molecule has 0 aliphatic carbocycles. The van der Waals surface area contributed by atoms with Gasteiger partial charge in [-0.25, -0.2) is 4.98 Å². The molecule has 1 unspecified atom stereocenters. The van der Waals surface area contributed by atoms with E-state index in [1.54, 1.807) is 7.11 Å². The highest BCUT2D eigenvalue weighted by atomic mass is 16.5. The number of aromatic nitrogens is 1. The van der Waals surface area contributed by atoms with Crippen molar-refractivity contribution in [2.75, 3.05) is 20.2 Å². The molecule has 1 aromatic rings. The van der Waals surface area contributed by atoms with Crippen molar-refractivity contribution in [1.82, 2.24) is 9.88 Å². The van der Waals surface area contributed by atoms with Gasteiger partial charge in [-0.2, -0.15) is 0 Å². The Kier molecular flexibility index (Phi) is 5.77. The van der Waals surface area contributed by atoms with Gasteiger partial charge in [0.05, 0.1) is 7.11 Å². The van der Waals surface area contributed by atoms with Gasteiger partial charge in [-0.1, -0.05) is 0 Å². The van der Waals surface area contributed by atoms with Gasteiger partial charge >= 0.3 is 5.97 Å². The average Bonchev–Trinajstić information content (AvgIpc) is 2.49. The van der Waals surface area contributed by atoms with Crippen LogP contribution in [0.4, 0.5) is 0 Å². The van der Waals surface area contributed by atoms with Crippen LogP contribution in [0, 0.1) is 19.8 Å². The van der Waals surface area contributed by atoms with E-state index >= 15 is 0 Å². The minimum atomic E-state index is -0.692. The monoisotopic (exact) mass is 306 g/mol. The Balaban J connectivity index is 1.99. The highest BCUT2D eigenvalue weighted by molar-refractivity contribution is 5.66. The molecule has 1 N–H and O–H groups in total. The van der Waals surface area contributed by atoms with Gasteiger partial charge in [-0.3, -0.25) is 9.69 Å². The summed E-state index contributed by atoms with van der Waals surface area (Å²) in [5, 5.41) is 8.83. The fourth-order valence-electron chi connectivity index (χ4n) is 3.25. The van der Waals surface area contributed by atoms with Gasteiger partial charge in [0.1, 0.15) is 0 Å². The fraction of sp³-hybridized carbons (Fsp3) is 0.647. The average molecular weight is 306 g/mol. The van der Waals surface area contributed by atoms with Crippen LogP contribution < -0.4 is 4.74 Å². The Morgan fingerprint density at radius 2 is 2.27 bits per heavy atom. The predicted octanol–water partition coefficient (Wildman–Crippen LogP) is 2.78. The van der Waals surface area contributed by atoms with E-state index < -0.39 is 5.97 Å². The summed E-state index contributed by atoms with van der Waals surface area (Å²) in [5.41, 5.74) is 3.49. The summed E-state index contributed by atoms with van der Waals surface area (Å²) in [6, 6.07) is 1.98. The number of rotatable bonds is 6. The number of carbonyl (C=O) groups is 1. The van der Waals surface area contributed by atoms with Crippen LogP contribution in [0.2, 0.25) is 0 Å². The molecule has 2 rings (SSSR count). The summed E-state index contributed by atoms with van der Waals surface area (Å²) >= 11 is 0. The third-order valence-electron chi connectivity index (χ3n) is 4.49. The van der Waals surface area contributed by atoms with Gasteiger partial charge < -0.3 is 9.84 Å². The van der Waals surface area contributed by atoms with Crippen LogP contribution in [-0.4, -0.2) is 41.2 Å². The molecular formula is C17H26N2O3. The molecule has 22 heavy (non-hydrogen) atoms. The van der Waals surface area contributed by atoms with Crippen LogP contribution in [0.15, 0.2) is 6.07 Å². The summed E-state index contributed by atoms with van der Waals surface area (Å²) in [6.07, 6.45) is 3.35. The zero-order valence-corrected chi connectivity index (χ0v) is 13.8. The second-order valence-electron chi connectivity index (χ2n) is 6.22. The third-order valence-corrected chi connectivity index (χ3v) is 4.49. The van der Waals surface area contributed by atoms with E-state index in [1.165, 1.54) is 11.1 Å². The number of nitrogens with zero attached hydrogens (tertiary/aromatic N) is 2. The Hall–Kier alpha value is -1.62. The molecule has 0 amide bonds. The lowest BCUT2D eigenvalue weighted by Gasteiger charge is -2.33. The zero-order valence-electron chi connectivity index (χ0n) is 13.8. The molecule has 0 radical (unpaired) electrons. The van der Waals surface area contributed by atoms with Crippen molar-refractivity contribution >= 4 is 5.97 Å². The van der Waals surface area contributed by atoms with Crippen LogP contribution in [0.3, 0.4) is 0 Å². The van der Waals surface area contributed by atoms with E-state index in [0.717, 1.165) is 44.6 Å². The summed E-state index contributed by atoms with van der Waals surface area (Å²) in [5.74, 6) is 0.469. The molecule has 1 saturated heterocycles. The maximum atomic E-state index is 10.7. The number of piperidine rings is 1. The molecule has 1 aromatic heterocycles. The number of hydrogen-bond acceptors (Lipinski definition) is 4. The first-order valence-corrected chi connectivity index (χ1v) is 7.95. The van der Waals surface area contributed by atoms with Gasteiger partial charge in [0.2, 0.25) is 5.88 Å². The third kappa shape index (κ3) is 4.44. The molecule has 5 heteroatoms. The normalized spacial score (nSPS) is 19.1. The fourth-order valence-corrected chi connectivity index (χ4v) is 3.25. The highest BCUT2D eigenvalue weighted by Gasteiger charge is 2.22. The molecule has 0 bridgehead atoms. The van der Waals surface area contributed by atoms with E-state index in [-0.39, 0.29) is 6.42 Å². The maximum absolute atomic E-state index is 10.7. The van der Waals surface area contributed by atoms with Gasteiger partial charge in [-0.05, 0) is 56.7 Å². The van der Waals surface area contributed by atoms with E-state index in [2.05, 4.69) is 16.8 Å². The van der Waals surface area contributed by atoms with Gasteiger partial charge in [0, 0.05) is 31.3 Å². The number of pyridine rings is 1. The molecule has 5 nitrogen and oxygen atoms in total. The lowest BCUT2D eigenvalue weighted by atomic mass is 9.93. The Morgan fingerprint density at radius 1 is 1.50 bits per heavy atom. The summed E-state index contributed by atoms with van der Waals surface area (Å²) in [6.45, 7) is 7.07. The van der Waals surface area contributed by atoms with Crippen molar-refractivity contribution in [2.45, 2.75) is 46.1 Å². The number of hydrogen-bond donors (Lipinski definition) is 1. The lowest BCUT2D eigenvalue weighted by molar-refractivity contribution is -0.137. The van der Waals surface area contributed by atoms with Gasteiger partial charge in [0.25, 0.3) is 0 Å². The number of ether oxygens (including phenoxy) is 1. The molecule has 2 heterocycles. The van der Waals surface area contributed by atoms with Crippen molar-refractivity contribution in [3.8, 4) is 5.88 Å². The lowest BCUT2D eigenvalue weighted by Crippen LogP contribution is -2.35. The standard InChI is InChI=1S/C17H26N2O3/c1-12-9-16(22-3)18-13(2)15(12)11-19-8-4-5-14(10-19)6-7-17(20)21/h9,14H,4-8,10-11H2,1-3H3,(H,20,21). The highest BCUT2D eigenvalue weighted by Crippen LogP contribution is 2.25. The zero-order chi connectivity index (χ0) is 16.1. The van der Waals surface area contributed by atoms with Crippen LogP contribution in [-0.2, 0) is 11.3 Å². The second-order valence-corrected chi connectivity index (χ2v) is 6.22. The number of methoxy groups -OCH3 is 1. The number of carboxylic acid groups (broad SMARTS) is 1. The van der Waals surface area contributed by atoms with Crippen molar-refractivity contribution in [3.63, 3.8) is 0 Å². The Bertz CT molecular complexity index is 508. The van der Waals surface area contributed by atoms with Crippen LogP contribution >= 0.6 is 0 Å². The van der Waals surface area contributed by atoms with E-state index in [0.29, 0.717) is 11.8 Å². The maximum Gasteiger partial charge on any atom is 0.303 e. The van der Waals surface area contributed by atoms with Gasteiger partial charge in [0.15, 0.2) is 0 Å². The van der Waals surface area contributed by atoms with E-state index in [1.807, 2.05) is 13.0 Å². The van der Waals surface area contributed by atoms with Crippen LogP contribution in [0.25, 0.3) is 0 Å². The van der Waals surface area contributed by atoms with E-state index in [9.17, 15) is 4.79 Å². The van der Waals surface area contributed by atoms with Crippen LogP contribution in [0.1, 0.15) is 42.5 Å². The molecule has 1 fully saturated rings. The smallest absolute Gasteiger partial charge is 0.303 e. The number of aryl methyl sites for hydroxylation is 2. The largest absolute Gasteiger partial charge is 0.481 e. The van der Waals surface area contributed by atoms with Crippen molar-refractivity contribution < 1.29 is 14.6 Å². The SMILES string of the molecule is COc1cc(C)c(CN2CCCC(CCC(=O)O)C2)c(C)n1. The molecule has 122 valence electrons. The number of carboxylic acids is 1. The quantitative estimate of drug-likeness (QED) is 0.875. The molecule has 1 atom stereocenters. The van der Waals surface area contributed by atoms with Crippen molar-refractivity contribution in [1.29, 1.82) is 0 Å². The number of likely N-dealkylation sites (tertiary alicyclic amines) is 1. The topological polar surface area (TPSA) is 62.7 Å². The molecule has 1 aliphatic heterocycles. The second kappa shape index (κ2) is 7.58. The number of aliphatic carboxylic acids is 1. The summed E-state index contributed by atoms with van der Waals surface area (Å²) < 4.78 is 5.21. The molecular weight excluding hydrogens is 280 g/mol. The van der Waals surface area contributed by atoms with Crippen LogP contribution in [0.5, 0.6) is 5.88 Å². The Morgan fingerprint density at radius 3 is 2.91 bits per heavy atom. The first-order chi connectivity index (χ1) is 10.5. The van der Waals surface area contributed by atoms with E-state index in [4.69, 9.17) is 9.84 Å². The minimum absolute atomic E-state index is 0.278. The Labute approximate surface area is 132 Å². The van der Waals surface area contributed by atoms with Crippen molar-refractivity contribution in [3.05, 3.63) is 22.9 Å². The summed E-state index contributed by atoms with van der Waals surface area (Å²) in [7, 11) is 1.64. The molecule has 0 spiro atoms. The first-order valence-electron chi connectivity index (χ1n) is 7.95. The molecule has 0 saturated carbocycles. The van der Waals surface area contributed by atoms with Crippen molar-refractivity contribution in [2.24, 2.45) is 5.92 Å². The van der Waals surface area contributed by atoms with Gasteiger partial charge in [-0.15, -0.1) is 0 Å². The first kappa shape index (κ1) is 16.7. The molecule has 1 aliphatic rings.